The molecule has 0 unspecified atom stereocenters. The number of nitrogens with zero attached hydrogens (tertiary/aromatic N) is 5. The Morgan fingerprint density at radius 2 is 1.37 bits per heavy atom. The summed E-state index contributed by atoms with van der Waals surface area (Å²) >= 11 is 0. The Hall–Kier alpha value is -3.20. The monoisotopic (exact) mass is 553 g/mol. The SMILES string of the molecule is O=C(O)C(F)(F)F.O=C(O)C(F)(F)F.c1ccc(CN2CCc3ncc(CN4CCCCC4)n3CC2)nc1. The maximum Gasteiger partial charge on any atom is 0.490 e. The molecule has 1 saturated heterocycles. The zero-order valence-electron chi connectivity index (χ0n) is 20.4. The van der Waals surface area contributed by atoms with Gasteiger partial charge in [0, 0.05) is 51.5 Å². The molecule has 0 aromatic carbocycles. The van der Waals surface area contributed by atoms with Crippen LogP contribution in [0, 0.1) is 0 Å². The number of hydrogen-bond acceptors (Lipinski definition) is 6. The topological polar surface area (TPSA) is 112 Å². The van der Waals surface area contributed by atoms with Gasteiger partial charge >= 0.3 is 24.3 Å². The normalized spacial score (nSPS) is 16.7. The average Bonchev–Trinajstić information content (AvgIpc) is 3.11. The summed E-state index contributed by atoms with van der Waals surface area (Å²) in [5.74, 6) is -4.26. The lowest BCUT2D eigenvalue weighted by Crippen LogP contribution is -2.30. The molecule has 0 spiro atoms. The molecule has 0 radical (unpaired) electrons. The standard InChI is InChI=1S/C19H27N5.2C2HF3O2/c1-4-9-22(10-5-1)16-18-14-21-19-7-11-23(12-13-24(18)19)15-17-6-2-3-8-20-17;2*3-2(4,5)1(6)7/h2-3,6,8,14H,1,4-5,7,9-13,15-16H2;2*(H,6,7). The number of carbonyl (C=O) groups is 2. The van der Waals surface area contributed by atoms with E-state index < -0.39 is 24.3 Å². The van der Waals surface area contributed by atoms with Crippen molar-refractivity contribution in [1.29, 1.82) is 0 Å². The molecule has 4 rings (SSSR count). The molecule has 0 saturated carbocycles. The predicted molar refractivity (Wildman–Crippen MR) is 122 cm³/mol. The van der Waals surface area contributed by atoms with Crippen LogP contribution in [0.2, 0.25) is 0 Å². The van der Waals surface area contributed by atoms with E-state index >= 15 is 0 Å². The van der Waals surface area contributed by atoms with Gasteiger partial charge in [0.1, 0.15) is 5.82 Å². The van der Waals surface area contributed by atoms with Gasteiger partial charge in [-0.15, -0.1) is 0 Å². The molecule has 2 aliphatic heterocycles. The fraction of sp³-hybridized carbons (Fsp3) is 0.565. The number of halogens is 6. The number of carboxylic acids is 2. The zero-order valence-corrected chi connectivity index (χ0v) is 20.4. The molecule has 9 nitrogen and oxygen atoms in total. The number of carboxylic acid groups (broad SMARTS) is 2. The second-order valence-corrected chi connectivity index (χ2v) is 8.61. The van der Waals surface area contributed by atoms with E-state index in [1.165, 1.54) is 43.9 Å². The van der Waals surface area contributed by atoms with Crippen LogP contribution in [-0.4, -0.2) is 85.0 Å². The average molecular weight is 554 g/mol. The van der Waals surface area contributed by atoms with Crippen LogP contribution in [0.5, 0.6) is 0 Å². The van der Waals surface area contributed by atoms with Crippen molar-refractivity contribution in [3.8, 4) is 0 Å². The highest BCUT2D eigenvalue weighted by molar-refractivity contribution is 5.73. The van der Waals surface area contributed by atoms with E-state index in [4.69, 9.17) is 24.8 Å². The molecular weight excluding hydrogens is 524 g/mol. The molecule has 4 heterocycles. The van der Waals surface area contributed by atoms with Gasteiger partial charge in [0.05, 0.1) is 11.4 Å². The van der Waals surface area contributed by atoms with E-state index in [9.17, 15) is 26.3 Å². The summed E-state index contributed by atoms with van der Waals surface area (Å²) in [5, 5.41) is 14.2. The number of likely N-dealkylation sites (tertiary alicyclic amines) is 1. The van der Waals surface area contributed by atoms with Crippen molar-refractivity contribution in [1.82, 2.24) is 24.3 Å². The summed E-state index contributed by atoms with van der Waals surface area (Å²) in [7, 11) is 0. The maximum absolute atomic E-state index is 10.6. The fourth-order valence-corrected chi connectivity index (χ4v) is 3.89. The summed E-state index contributed by atoms with van der Waals surface area (Å²) in [6, 6.07) is 6.17. The number of hydrogen-bond donors (Lipinski definition) is 2. The number of alkyl halides is 6. The molecular formula is C23H29F6N5O4. The Morgan fingerprint density at radius 3 is 1.89 bits per heavy atom. The third-order valence-electron chi connectivity index (χ3n) is 5.74. The molecule has 212 valence electrons. The molecule has 15 heteroatoms. The summed E-state index contributed by atoms with van der Waals surface area (Å²) in [5.41, 5.74) is 2.55. The minimum atomic E-state index is -5.08. The summed E-state index contributed by atoms with van der Waals surface area (Å²) < 4.78 is 65.9. The van der Waals surface area contributed by atoms with E-state index in [0.29, 0.717) is 0 Å². The van der Waals surface area contributed by atoms with Crippen molar-refractivity contribution in [2.75, 3.05) is 26.2 Å². The molecule has 2 N–H and O–H groups in total. The minimum Gasteiger partial charge on any atom is -0.475 e. The number of fused-ring (bicyclic) bond motifs is 1. The third-order valence-corrected chi connectivity index (χ3v) is 5.74. The first kappa shape index (κ1) is 31.0. The van der Waals surface area contributed by atoms with Crippen molar-refractivity contribution >= 4 is 11.9 Å². The number of piperidine rings is 1. The Bertz CT molecular complexity index is 1000. The third kappa shape index (κ3) is 10.7. The second-order valence-electron chi connectivity index (χ2n) is 8.61. The number of aromatic nitrogens is 3. The number of aliphatic carboxylic acids is 2. The summed E-state index contributed by atoms with van der Waals surface area (Å²) in [4.78, 5) is 32.1. The summed E-state index contributed by atoms with van der Waals surface area (Å²) in [6.07, 6.45) is -1.05. The molecule has 0 aliphatic carbocycles. The van der Waals surface area contributed by atoms with Crippen LogP contribution in [0.15, 0.2) is 30.6 Å². The summed E-state index contributed by atoms with van der Waals surface area (Å²) in [6.45, 7) is 7.67. The van der Waals surface area contributed by atoms with Crippen LogP contribution in [-0.2, 0) is 35.6 Å². The number of rotatable bonds is 4. The molecule has 0 amide bonds. The van der Waals surface area contributed by atoms with E-state index in [0.717, 1.165) is 44.8 Å². The minimum absolute atomic E-state index is 0.938. The van der Waals surface area contributed by atoms with Crippen molar-refractivity contribution in [2.45, 2.75) is 57.7 Å². The molecule has 0 atom stereocenters. The first-order valence-electron chi connectivity index (χ1n) is 11.8. The highest BCUT2D eigenvalue weighted by Crippen LogP contribution is 2.17. The first-order chi connectivity index (χ1) is 17.8. The quantitative estimate of drug-likeness (QED) is 0.553. The van der Waals surface area contributed by atoms with Gasteiger partial charge in [-0.1, -0.05) is 12.5 Å². The molecule has 0 bridgehead atoms. The van der Waals surface area contributed by atoms with Crippen LogP contribution in [0.1, 0.15) is 36.5 Å². The van der Waals surface area contributed by atoms with Crippen molar-refractivity contribution in [2.24, 2.45) is 0 Å². The maximum atomic E-state index is 10.6. The number of imidazole rings is 1. The van der Waals surface area contributed by atoms with Gasteiger partial charge in [-0.3, -0.25) is 14.8 Å². The predicted octanol–water partition coefficient (Wildman–Crippen LogP) is 3.59. The zero-order chi connectivity index (χ0) is 28.3. The van der Waals surface area contributed by atoms with E-state index in [1.54, 1.807) is 0 Å². The van der Waals surface area contributed by atoms with Crippen LogP contribution in [0.25, 0.3) is 0 Å². The first-order valence-corrected chi connectivity index (χ1v) is 11.8. The molecule has 2 aromatic rings. The van der Waals surface area contributed by atoms with Crippen LogP contribution < -0.4 is 0 Å². The number of pyridine rings is 1. The highest BCUT2D eigenvalue weighted by atomic mass is 19.4. The van der Waals surface area contributed by atoms with Gasteiger partial charge in [-0.05, 0) is 38.1 Å². The lowest BCUT2D eigenvalue weighted by atomic mass is 10.1. The van der Waals surface area contributed by atoms with Crippen LogP contribution in [0.3, 0.4) is 0 Å². The van der Waals surface area contributed by atoms with Crippen LogP contribution >= 0.6 is 0 Å². The van der Waals surface area contributed by atoms with Crippen molar-refractivity contribution in [3.63, 3.8) is 0 Å². The smallest absolute Gasteiger partial charge is 0.475 e. The molecule has 2 aliphatic rings. The van der Waals surface area contributed by atoms with E-state index in [2.05, 4.69) is 37.7 Å². The Balaban J connectivity index is 0.000000301. The fourth-order valence-electron chi connectivity index (χ4n) is 3.89. The Labute approximate surface area is 214 Å². The van der Waals surface area contributed by atoms with Gasteiger partial charge in [-0.25, -0.2) is 14.6 Å². The van der Waals surface area contributed by atoms with Gasteiger partial charge in [-0.2, -0.15) is 26.3 Å². The second kappa shape index (κ2) is 14.1. The van der Waals surface area contributed by atoms with Gasteiger partial charge in [0.15, 0.2) is 0 Å². The van der Waals surface area contributed by atoms with Gasteiger partial charge in [0.2, 0.25) is 0 Å². The van der Waals surface area contributed by atoms with E-state index in [1.807, 2.05) is 12.3 Å². The highest BCUT2D eigenvalue weighted by Gasteiger charge is 2.38. The molecule has 1 fully saturated rings. The Morgan fingerprint density at radius 1 is 0.789 bits per heavy atom. The lowest BCUT2D eigenvalue weighted by Gasteiger charge is -2.26. The molecule has 2 aromatic heterocycles. The van der Waals surface area contributed by atoms with Gasteiger partial charge < -0.3 is 14.8 Å². The van der Waals surface area contributed by atoms with Crippen molar-refractivity contribution in [3.05, 3.63) is 47.8 Å². The van der Waals surface area contributed by atoms with Crippen LogP contribution in [0.4, 0.5) is 26.3 Å². The Kier molecular flexibility index (Phi) is 11.5. The molecule has 38 heavy (non-hydrogen) atoms. The van der Waals surface area contributed by atoms with Crippen molar-refractivity contribution < 1.29 is 46.1 Å². The van der Waals surface area contributed by atoms with E-state index in [-0.39, 0.29) is 0 Å². The van der Waals surface area contributed by atoms with Gasteiger partial charge in [0.25, 0.3) is 0 Å². The largest absolute Gasteiger partial charge is 0.490 e. The lowest BCUT2D eigenvalue weighted by molar-refractivity contribution is -0.193.